The third kappa shape index (κ3) is 4.65. The van der Waals surface area contributed by atoms with Gasteiger partial charge in [0.05, 0.1) is 5.56 Å². The molecule has 6 nitrogen and oxygen atoms in total. The minimum atomic E-state index is -0.175. The second-order valence-corrected chi connectivity index (χ2v) is 6.56. The van der Waals surface area contributed by atoms with Crippen molar-refractivity contribution in [1.82, 2.24) is 9.80 Å². The lowest BCUT2D eigenvalue weighted by Crippen LogP contribution is -2.51. The number of piperazine rings is 1. The van der Waals surface area contributed by atoms with Crippen LogP contribution in [0.4, 0.5) is 0 Å². The average Bonchev–Trinajstić information content (AvgIpc) is 2.71. The van der Waals surface area contributed by atoms with Crippen molar-refractivity contribution in [3.05, 3.63) is 64.7 Å². The summed E-state index contributed by atoms with van der Waals surface area (Å²) in [7, 11) is 0. The van der Waals surface area contributed by atoms with E-state index in [1.165, 1.54) is 0 Å². The van der Waals surface area contributed by atoms with Crippen LogP contribution in [0.1, 0.15) is 20.7 Å². The van der Waals surface area contributed by atoms with Gasteiger partial charge < -0.3 is 14.5 Å². The number of hydrogen-bond donors (Lipinski definition) is 0. The Morgan fingerprint density at radius 2 is 1.70 bits per heavy atom. The van der Waals surface area contributed by atoms with Gasteiger partial charge in [-0.05, 0) is 30.3 Å². The first kappa shape index (κ1) is 18.9. The fraction of sp³-hybridized carbons (Fsp3) is 0.250. The van der Waals surface area contributed by atoms with Crippen LogP contribution >= 0.6 is 11.6 Å². The summed E-state index contributed by atoms with van der Waals surface area (Å²) < 4.78 is 5.48. The van der Waals surface area contributed by atoms with Crippen molar-refractivity contribution in [3.8, 4) is 5.75 Å². The molecule has 0 aromatic heterocycles. The predicted molar refractivity (Wildman–Crippen MR) is 101 cm³/mol. The first-order chi connectivity index (χ1) is 13.1. The molecule has 0 spiro atoms. The Hall–Kier alpha value is -2.86. The summed E-state index contributed by atoms with van der Waals surface area (Å²) in [6.07, 6.45) is 0.694. The molecular weight excluding hydrogens is 368 g/mol. The number of para-hydroxylation sites is 1. The smallest absolute Gasteiger partial charge is 0.260 e. The molecule has 1 fully saturated rings. The highest BCUT2D eigenvalue weighted by molar-refractivity contribution is 6.30. The number of carbonyl (C=O) groups excluding carboxylic acids is 3. The predicted octanol–water partition coefficient (Wildman–Crippen LogP) is 2.52. The van der Waals surface area contributed by atoms with Crippen molar-refractivity contribution in [1.29, 1.82) is 0 Å². The van der Waals surface area contributed by atoms with Gasteiger partial charge >= 0.3 is 0 Å². The highest BCUT2D eigenvalue weighted by atomic mass is 35.5. The number of aldehydes is 1. The van der Waals surface area contributed by atoms with Crippen molar-refractivity contribution in [2.75, 3.05) is 32.8 Å². The first-order valence-corrected chi connectivity index (χ1v) is 8.96. The Labute approximate surface area is 162 Å². The molecule has 0 N–H and O–H groups in total. The Balaban J connectivity index is 1.52. The molecule has 0 atom stereocenters. The van der Waals surface area contributed by atoms with Crippen LogP contribution in [0.5, 0.6) is 5.75 Å². The van der Waals surface area contributed by atoms with E-state index in [4.69, 9.17) is 16.3 Å². The second kappa shape index (κ2) is 8.68. The van der Waals surface area contributed by atoms with Gasteiger partial charge in [0, 0.05) is 36.8 Å². The third-order valence-corrected chi connectivity index (χ3v) is 4.62. The summed E-state index contributed by atoms with van der Waals surface area (Å²) in [4.78, 5) is 39.2. The number of nitrogens with zero attached hydrogens (tertiary/aromatic N) is 2. The van der Waals surface area contributed by atoms with E-state index in [9.17, 15) is 14.4 Å². The molecule has 1 aliphatic rings. The monoisotopic (exact) mass is 386 g/mol. The van der Waals surface area contributed by atoms with Crippen molar-refractivity contribution in [2.24, 2.45) is 0 Å². The van der Waals surface area contributed by atoms with E-state index in [-0.39, 0.29) is 18.4 Å². The third-order valence-electron chi connectivity index (χ3n) is 4.39. The van der Waals surface area contributed by atoms with Gasteiger partial charge in [0.25, 0.3) is 11.8 Å². The molecule has 3 rings (SSSR count). The number of benzene rings is 2. The van der Waals surface area contributed by atoms with E-state index in [0.717, 1.165) is 0 Å². The zero-order valence-electron chi connectivity index (χ0n) is 14.6. The second-order valence-electron chi connectivity index (χ2n) is 6.13. The Kier molecular flexibility index (Phi) is 6.08. The number of carbonyl (C=O) groups is 3. The van der Waals surface area contributed by atoms with Crippen LogP contribution in [-0.2, 0) is 4.79 Å². The number of hydrogen-bond acceptors (Lipinski definition) is 4. The lowest BCUT2D eigenvalue weighted by Gasteiger charge is -2.34. The van der Waals surface area contributed by atoms with Gasteiger partial charge in [-0.15, -0.1) is 0 Å². The Bertz CT molecular complexity index is 847. The molecule has 2 aromatic carbocycles. The standard InChI is InChI=1S/C20H19ClN2O4/c21-17-6-3-5-15(12-17)20(26)23-10-8-22(9-11-23)19(25)14-27-18-7-2-1-4-16(18)13-24/h1-7,12-13H,8-11,14H2. The summed E-state index contributed by atoms with van der Waals surface area (Å²) in [6.45, 7) is 1.62. The summed E-state index contributed by atoms with van der Waals surface area (Å²) in [5.74, 6) is 0.113. The summed E-state index contributed by atoms with van der Waals surface area (Å²) in [5, 5.41) is 0.516. The van der Waals surface area contributed by atoms with E-state index in [0.29, 0.717) is 54.4 Å². The topological polar surface area (TPSA) is 66.9 Å². The summed E-state index contributed by atoms with van der Waals surface area (Å²) in [5.41, 5.74) is 0.943. The summed E-state index contributed by atoms with van der Waals surface area (Å²) >= 11 is 5.94. The van der Waals surface area contributed by atoms with Crippen LogP contribution in [0.2, 0.25) is 5.02 Å². The van der Waals surface area contributed by atoms with Gasteiger partial charge in [-0.2, -0.15) is 0 Å². The lowest BCUT2D eigenvalue weighted by molar-refractivity contribution is -0.134. The highest BCUT2D eigenvalue weighted by Gasteiger charge is 2.25. The maximum absolute atomic E-state index is 12.5. The van der Waals surface area contributed by atoms with Crippen molar-refractivity contribution in [3.63, 3.8) is 0 Å². The minimum absolute atomic E-state index is 0.0965. The Morgan fingerprint density at radius 1 is 1.00 bits per heavy atom. The van der Waals surface area contributed by atoms with Crippen molar-refractivity contribution in [2.45, 2.75) is 0 Å². The van der Waals surface area contributed by atoms with Gasteiger partial charge in [-0.1, -0.05) is 29.8 Å². The van der Waals surface area contributed by atoms with E-state index < -0.39 is 0 Å². The normalized spacial score (nSPS) is 14.0. The molecule has 0 radical (unpaired) electrons. The Morgan fingerprint density at radius 3 is 2.41 bits per heavy atom. The maximum Gasteiger partial charge on any atom is 0.260 e. The molecule has 7 heteroatoms. The molecule has 140 valence electrons. The molecule has 0 saturated carbocycles. The molecule has 1 aliphatic heterocycles. The molecule has 2 amide bonds. The maximum atomic E-state index is 12.5. The van der Waals surface area contributed by atoms with Gasteiger partial charge in [-0.3, -0.25) is 14.4 Å². The molecule has 1 saturated heterocycles. The van der Waals surface area contributed by atoms with Gasteiger partial charge in [0.2, 0.25) is 0 Å². The SMILES string of the molecule is O=Cc1ccccc1OCC(=O)N1CCN(C(=O)c2cccc(Cl)c2)CC1. The number of amides is 2. The average molecular weight is 387 g/mol. The van der Waals surface area contributed by atoms with Gasteiger partial charge in [0.15, 0.2) is 12.9 Å². The molecule has 0 bridgehead atoms. The van der Waals surface area contributed by atoms with Gasteiger partial charge in [0.1, 0.15) is 5.75 Å². The van der Waals surface area contributed by atoms with Crippen molar-refractivity contribution < 1.29 is 19.1 Å². The van der Waals surface area contributed by atoms with Crippen LogP contribution in [0, 0.1) is 0 Å². The van der Waals surface area contributed by atoms with Gasteiger partial charge in [-0.25, -0.2) is 0 Å². The molecule has 1 heterocycles. The molecular formula is C20H19ClN2O4. The largest absolute Gasteiger partial charge is 0.483 e. The fourth-order valence-electron chi connectivity index (χ4n) is 2.90. The quantitative estimate of drug-likeness (QED) is 0.740. The molecule has 0 unspecified atom stereocenters. The van der Waals surface area contributed by atoms with Crippen LogP contribution in [-0.4, -0.2) is 60.7 Å². The van der Waals surface area contributed by atoms with Crippen LogP contribution in [0.3, 0.4) is 0 Å². The minimum Gasteiger partial charge on any atom is -0.483 e. The van der Waals surface area contributed by atoms with Crippen LogP contribution < -0.4 is 4.74 Å². The molecule has 0 aliphatic carbocycles. The first-order valence-electron chi connectivity index (χ1n) is 8.58. The number of rotatable bonds is 5. The molecule has 27 heavy (non-hydrogen) atoms. The number of ether oxygens (including phenoxy) is 1. The van der Waals surface area contributed by atoms with Crippen LogP contribution in [0.25, 0.3) is 0 Å². The van der Waals surface area contributed by atoms with E-state index in [1.54, 1.807) is 58.3 Å². The zero-order chi connectivity index (χ0) is 19.2. The summed E-state index contributed by atoms with van der Waals surface area (Å²) in [6, 6.07) is 13.6. The number of halogens is 1. The van der Waals surface area contributed by atoms with Crippen molar-refractivity contribution >= 4 is 29.7 Å². The zero-order valence-corrected chi connectivity index (χ0v) is 15.4. The van der Waals surface area contributed by atoms with E-state index in [2.05, 4.69) is 0 Å². The van der Waals surface area contributed by atoms with E-state index >= 15 is 0 Å². The lowest BCUT2D eigenvalue weighted by atomic mass is 10.2. The fourth-order valence-corrected chi connectivity index (χ4v) is 3.09. The highest BCUT2D eigenvalue weighted by Crippen LogP contribution is 2.17. The van der Waals surface area contributed by atoms with E-state index in [1.807, 2.05) is 0 Å². The molecule has 2 aromatic rings. The van der Waals surface area contributed by atoms with Crippen LogP contribution in [0.15, 0.2) is 48.5 Å².